The summed E-state index contributed by atoms with van der Waals surface area (Å²) < 4.78 is 0. The fourth-order valence-corrected chi connectivity index (χ4v) is 1.52. The van der Waals surface area contributed by atoms with Crippen molar-refractivity contribution in [2.75, 3.05) is 7.05 Å². The molecule has 0 radical (unpaired) electrons. The summed E-state index contributed by atoms with van der Waals surface area (Å²) in [6.45, 7) is 1.96. The minimum atomic E-state index is 0.0150. The largest absolute Gasteiger partial charge is 0.370 e. The van der Waals surface area contributed by atoms with Crippen molar-refractivity contribution in [3.05, 3.63) is 34.9 Å². The summed E-state index contributed by atoms with van der Waals surface area (Å²) >= 11 is 6.03. The first-order valence-electron chi connectivity index (χ1n) is 4.35. The maximum Gasteiger partial charge on any atom is 0.188 e. The summed E-state index contributed by atoms with van der Waals surface area (Å²) in [4.78, 5) is 1.67. The molecule has 4 heteroatoms. The lowest BCUT2D eigenvalue weighted by molar-refractivity contribution is 0.396. The molecule has 0 heterocycles. The minimum Gasteiger partial charge on any atom is -0.370 e. The predicted molar refractivity (Wildman–Crippen MR) is 59.5 cm³/mol. The van der Waals surface area contributed by atoms with E-state index in [0.717, 1.165) is 5.56 Å². The van der Waals surface area contributed by atoms with Crippen LogP contribution in [0.25, 0.3) is 0 Å². The van der Waals surface area contributed by atoms with Crippen LogP contribution in [-0.4, -0.2) is 17.9 Å². The Kier molecular flexibility index (Phi) is 3.36. The van der Waals surface area contributed by atoms with E-state index in [1.54, 1.807) is 11.9 Å². The zero-order valence-corrected chi connectivity index (χ0v) is 9.05. The van der Waals surface area contributed by atoms with E-state index in [0.29, 0.717) is 5.02 Å². The summed E-state index contributed by atoms with van der Waals surface area (Å²) in [7, 11) is 1.77. The first-order valence-corrected chi connectivity index (χ1v) is 4.73. The van der Waals surface area contributed by atoms with Crippen LogP contribution in [0.1, 0.15) is 18.5 Å². The molecule has 0 aliphatic heterocycles. The Morgan fingerprint density at radius 2 is 2.07 bits per heavy atom. The molecule has 0 aliphatic carbocycles. The lowest BCUT2D eigenvalue weighted by Gasteiger charge is -2.25. The summed E-state index contributed by atoms with van der Waals surface area (Å²) in [6, 6.07) is 7.59. The number of benzene rings is 1. The van der Waals surface area contributed by atoms with Crippen molar-refractivity contribution in [2.45, 2.75) is 13.0 Å². The molecule has 0 bridgehead atoms. The summed E-state index contributed by atoms with van der Waals surface area (Å²) in [5.74, 6) is 0.0393. The Bertz CT molecular complexity index is 338. The van der Waals surface area contributed by atoms with Crippen LogP contribution in [0, 0.1) is 5.41 Å². The van der Waals surface area contributed by atoms with Crippen LogP contribution in [0.2, 0.25) is 5.02 Å². The molecule has 3 N–H and O–H groups in total. The van der Waals surface area contributed by atoms with Crippen LogP contribution in [0.5, 0.6) is 0 Å². The van der Waals surface area contributed by atoms with Gasteiger partial charge in [-0.25, -0.2) is 0 Å². The van der Waals surface area contributed by atoms with Gasteiger partial charge >= 0.3 is 0 Å². The molecule has 76 valence electrons. The van der Waals surface area contributed by atoms with E-state index >= 15 is 0 Å². The standard InChI is InChI=1S/C10H14ClN3/c1-7(14(2)10(12)13)8-5-3-4-6-9(8)11/h3-7H,1-2H3,(H3,12,13). The summed E-state index contributed by atoms with van der Waals surface area (Å²) in [5, 5.41) is 8.01. The molecule has 0 spiro atoms. The van der Waals surface area contributed by atoms with E-state index < -0.39 is 0 Å². The highest BCUT2D eigenvalue weighted by atomic mass is 35.5. The Balaban J connectivity index is 2.94. The first-order chi connectivity index (χ1) is 6.54. The number of guanidine groups is 1. The number of hydrogen-bond donors (Lipinski definition) is 2. The second kappa shape index (κ2) is 4.33. The molecule has 1 aromatic carbocycles. The molecule has 0 aliphatic rings. The van der Waals surface area contributed by atoms with Crippen LogP contribution < -0.4 is 5.73 Å². The lowest BCUT2D eigenvalue weighted by atomic mass is 10.1. The van der Waals surface area contributed by atoms with Crippen molar-refractivity contribution in [1.82, 2.24) is 4.90 Å². The van der Waals surface area contributed by atoms with Crippen molar-refractivity contribution < 1.29 is 0 Å². The number of rotatable bonds is 2. The van der Waals surface area contributed by atoms with Gasteiger partial charge in [0.25, 0.3) is 0 Å². The van der Waals surface area contributed by atoms with Gasteiger partial charge in [-0.1, -0.05) is 29.8 Å². The van der Waals surface area contributed by atoms with Gasteiger partial charge in [0.1, 0.15) is 0 Å². The summed E-state index contributed by atoms with van der Waals surface area (Å²) in [6.07, 6.45) is 0. The van der Waals surface area contributed by atoms with Crippen LogP contribution >= 0.6 is 11.6 Å². The third kappa shape index (κ3) is 2.17. The number of nitrogens with zero attached hydrogens (tertiary/aromatic N) is 1. The highest BCUT2D eigenvalue weighted by Gasteiger charge is 2.14. The Hall–Kier alpha value is -1.22. The molecular weight excluding hydrogens is 198 g/mol. The molecule has 3 nitrogen and oxygen atoms in total. The molecule has 14 heavy (non-hydrogen) atoms. The van der Waals surface area contributed by atoms with Gasteiger partial charge in [0.05, 0.1) is 6.04 Å². The minimum absolute atomic E-state index is 0.0150. The highest BCUT2D eigenvalue weighted by molar-refractivity contribution is 6.31. The van der Waals surface area contributed by atoms with E-state index in [1.807, 2.05) is 31.2 Å². The average molecular weight is 212 g/mol. The fraction of sp³-hybridized carbons (Fsp3) is 0.300. The molecule has 1 aromatic rings. The van der Waals surface area contributed by atoms with Gasteiger partial charge in [-0.2, -0.15) is 0 Å². The monoisotopic (exact) mass is 211 g/mol. The average Bonchev–Trinajstić information content (AvgIpc) is 2.16. The molecule has 0 amide bonds. The van der Waals surface area contributed by atoms with Crippen molar-refractivity contribution in [2.24, 2.45) is 5.73 Å². The fourth-order valence-electron chi connectivity index (χ4n) is 1.23. The van der Waals surface area contributed by atoms with Gasteiger partial charge in [-0.15, -0.1) is 0 Å². The second-order valence-electron chi connectivity index (χ2n) is 3.19. The molecule has 1 unspecified atom stereocenters. The SMILES string of the molecule is CC(c1ccccc1Cl)N(C)C(=N)N. The van der Waals surface area contributed by atoms with Gasteiger partial charge in [0.15, 0.2) is 5.96 Å². The first kappa shape index (κ1) is 10.9. The topological polar surface area (TPSA) is 53.1 Å². The molecular formula is C10H14ClN3. The zero-order chi connectivity index (χ0) is 10.7. The molecule has 0 saturated carbocycles. The zero-order valence-electron chi connectivity index (χ0n) is 8.29. The van der Waals surface area contributed by atoms with E-state index in [9.17, 15) is 0 Å². The van der Waals surface area contributed by atoms with E-state index in [4.69, 9.17) is 22.7 Å². The van der Waals surface area contributed by atoms with Gasteiger partial charge in [0, 0.05) is 12.1 Å². The highest BCUT2D eigenvalue weighted by Crippen LogP contribution is 2.25. The molecule has 0 fully saturated rings. The number of nitrogens with one attached hydrogen (secondary N) is 1. The maximum absolute atomic E-state index is 7.31. The van der Waals surface area contributed by atoms with Crippen molar-refractivity contribution in [1.29, 1.82) is 5.41 Å². The number of halogens is 1. The number of nitrogens with two attached hydrogens (primary N) is 1. The smallest absolute Gasteiger partial charge is 0.188 e. The van der Waals surface area contributed by atoms with Crippen molar-refractivity contribution in [3.8, 4) is 0 Å². The van der Waals surface area contributed by atoms with Crippen LogP contribution in [0.4, 0.5) is 0 Å². The lowest BCUT2D eigenvalue weighted by Crippen LogP contribution is -2.35. The third-order valence-electron chi connectivity index (χ3n) is 2.32. The Morgan fingerprint density at radius 1 is 1.50 bits per heavy atom. The van der Waals surface area contributed by atoms with Crippen LogP contribution in [-0.2, 0) is 0 Å². The van der Waals surface area contributed by atoms with E-state index in [2.05, 4.69) is 0 Å². The quantitative estimate of drug-likeness (QED) is 0.582. The predicted octanol–water partition coefficient (Wildman–Crippen LogP) is 2.23. The van der Waals surface area contributed by atoms with Crippen molar-refractivity contribution >= 4 is 17.6 Å². The maximum atomic E-state index is 7.31. The van der Waals surface area contributed by atoms with E-state index in [1.165, 1.54) is 0 Å². The van der Waals surface area contributed by atoms with Gasteiger partial charge in [-0.3, -0.25) is 5.41 Å². The molecule has 1 rings (SSSR count). The number of hydrogen-bond acceptors (Lipinski definition) is 1. The van der Waals surface area contributed by atoms with Crippen molar-refractivity contribution in [3.63, 3.8) is 0 Å². The third-order valence-corrected chi connectivity index (χ3v) is 2.66. The second-order valence-corrected chi connectivity index (χ2v) is 3.60. The van der Waals surface area contributed by atoms with E-state index in [-0.39, 0.29) is 12.0 Å². The van der Waals surface area contributed by atoms with Crippen LogP contribution in [0.15, 0.2) is 24.3 Å². The Labute approximate surface area is 89.0 Å². The molecule has 0 aromatic heterocycles. The van der Waals surface area contributed by atoms with Gasteiger partial charge < -0.3 is 10.6 Å². The van der Waals surface area contributed by atoms with Gasteiger partial charge in [-0.05, 0) is 18.6 Å². The molecule has 0 saturated heterocycles. The van der Waals surface area contributed by atoms with Gasteiger partial charge in [0.2, 0.25) is 0 Å². The molecule has 1 atom stereocenters. The normalized spacial score (nSPS) is 12.2. The van der Waals surface area contributed by atoms with Crippen LogP contribution in [0.3, 0.4) is 0 Å². The summed E-state index contributed by atoms with van der Waals surface area (Å²) in [5.41, 5.74) is 6.37. The Morgan fingerprint density at radius 3 is 2.57 bits per heavy atom.